The van der Waals surface area contributed by atoms with Crippen molar-refractivity contribution in [3.8, 4) is 21.8 Å². The number of allylic oxidation sites excluding steroid dienone is 1. The third-order valence-electron chi connectivity index (χ3n) is 4.88. The molecule has 2 heterocycles. The van der Waals surface area contributed by atoms with E-state index in [4.69, 9.17) is 11.6 Å². The lowest BCUT2D eigenvalue weighted by atomic mass is 10.1. The maximum Gasteiger partial charge on any atom is 0.258 e. The number of benzene rings is 1. The summed E-state index contributed by atoms with van der Waals surface area (Å²) in [7, 11) is 0. The summed E-state index contributed by atoms with van der Waals surface area (Å²) in [6.07, 6.45) is 3.59. The fraction of sp³-hybridized carbons (Fsp3) is 0.320. The lowest BCUT2D eigenvalue weighted by Gasteiger charge is -2.22. The molecule has 1 amide bonds. The number of halogens is 1. The summed E-state index contributed by atoms with van der Waals surface area (Å²) in [6, 6.07) is 9.10. The lowest BCUT2D eigenvalue weighted by molar-refractivity contribution is 0.0755. The first-order valence-corrected chi connectivity index (χ1v) is 12.0. The first kappa shape index (κ1) is 24.0. The van der Waals surface area contributed by atoms with Crippen LogP contribution in [0.15, 0.2) is 46.1 Å². The molecule has 0 aliphatic carbocycles. The van der Waals surface area contributed by atoms with E-state index in [2.05, 4.69) is 23.8 Å². The average molecular weight is 470 g/mol. The van der Waals surface area contributed by atoms with Gasteiger partial charge in [-0.3, -0.25) is 9.59 Å². The molecule has 5 nitrogen and oxygen atoms in total. The van der Waals surface area contributed by atoms with Gasteiger partial charge in [0, 0.05) is 29.1 Å². The number of thiazole rings is 1. The van der Waals surface area contributed by atoms with Crippen LogP contribution in [-0.2, 0) is 0 Å². The molecule has 0 aliphatic rings. The van der Waals surface area contributed by atoms with E-state index < -0.39 is 0 Å². The highest BCUT2D eigenvalue weighted by Gasteiger charge is 2.21. The highest BCUT2D eigenvalue weighted by molar-refractivity contribution is 7.13. The van der Waals surface area contributed by atoms with Gasteiger partial charge in [-0.05, 0) is 51.0 Å². The summed E-state index contributed by atoms with van der Waals surface area (Å²) in [5.41, 5.74) is 3.85. The van der Waals surface area contributed by atoms with Crippen LogP contribution in [0, 0.1) is 0 Å². The number of pyridine rings is 1. The van der Waals surface area contributed by atoms with Crippen molar-refractivity contribution in [3.05, 3.63) is 67.9 Å². The minimum Gasteiger partial charge on any atom is -0.339 e. The molecule has 0 saturated carbocycles. The number of aromatic nitrogens is 2. The van der Waals surface area contributed by atoms with Gasteiger partial charge in [-0.1, -0.05) is 43.2 Å². The molecule has 1 aromatic carbocycles. The van der Waals surface area contributed by atoms with Crippen molar-refractivity contribution in [3.63, 3.8) is 0 Å². The third-order valence-corrected chi connectivity index (χ3v) is 6.01. The van der Waals surface area contributed by atoms with Gasteiger partial charge in [0.2, 0.25) is 0 Å². The van der Waals surface area contributed by atoms with Crippen molar-refractivity contribution in [2.75, 3.05) is 13.1 Å². The number of hydrogen-bond donors (Lipinski definition) is 1. The first-order valence-electron chi connectivity index (χ1n) is 10.8. The Hall–Kier alpha value is -2.70. The SMILES string of the molecule is CCCN(CCC)C(=O)c1cc(-c2nc(-c3ccc(Cl)cc3)cs2)c(=O)[nH]c1C=C(C)C. The van der Waals surface area contributed by atoms with E-state index in [1.54, 1.807) is 6.07 Å². The van der Waals surface area contributed by atoms with Crippen LogP contribution in [0.5, 0.6) is 0 Å². The van der Waals surface area contributed by atoms with Gasteiger partial charge < -0.3 is 9.88 Å². The number of H-pyrrole nitrogens is 1. The van der Waals surface area contributed by atoms with Crippen molar-refractivity contribution in [2.45, 2.75) is 40.5 Å². The van der Waals surface area contributed by atoms with E-state index in [-0.39, 0.29) is 11.5 Å². The normalized spacial score (nSPS) is 10.8. The van der Waals surface area contributed by atoms with Gasteiger partial charge in [-0.15, -0.1) is 11.3 Å². The van der Waals surface area contributed by atoms with Crippen LogP contribution in [0.2, 0.25) is 5.02 Å². The molecule has 0 aliphatic heterocycles. The highest BCUT2D eigenvalue weighted by Crippen LogP contribution is 2.29. The van der Waals surface area contributed by atoms with Crippen LogP contribution in [0.4, 0.5) is 0 Å². The van der Waals surface area contributed by atoms with Gasteiger partial charge in [0.1, 0.15) is 5.01 Å². The smallest absolute Gasteiger partial charge is 0.258 e. The Morgan fingerprint density at radius 3 is 2.41 bits per heavy atom. The minimum absolute atomic E-state index is 0.0758. The Bertz CT molecular complexity index is 1170. The van der Waals surface area contributed by atoms with Crippen molar-refractivity contribution >= 4 is 34.9 Å². The molecular weight excluding hydrogens is 442 g/mol. The topological polar surface area (TPSA) is 66.1 Å². The number of carbonyl (C=O) groups is 1. The van der Waals surface area contributed by atoms with Gasteiger partial charge >= 0.3 is 0 Å². The van der Waals surface area contributed by atoms with Crippen LogP contribution < -0.4 is 5.56 Å². The number of carbonyl (C=O) groups excluding carboxylic acids is 1. The van der Waals surface area contributed by atoms with Crippen molar-refractivity contribution in [2.24, 2.45) is 0 Å². The first-order chi connectivity index (χ1) is 15.3. The maximum absolute atomic E-state index is 13.4. The summed E-state index contributed by atoms with van der Waals surface area (Å²) in [6.45, 7) is 9.34. The number of amides is 1. The molecule has 0 radical (unpaired) electrons. The Kier molecular flexibility index (Phi) is 8.04. The molecule has 0 atom stereocenters. The number of aromatic amines is 1. The van der Waals surface area contributed by atoms with Crippen molar-refractivity contribution < 1.29 is 4.79 Å². The van der Waals surface area contributed by atoms with Crippen LogP contribution in [0.25, 0.3) is 27.9 Å². The van der Waals surface area contributed by atoms with Crippen molar-refractivity contribution in [1.29, 1.82) is 0 Å². The molecule has 2 aromatic heterocycles. The molecule has 3 aromatic rings. The highest BCUT2D eigenvalue weighted by atomic mass is 35.5. The monoisotopic (exact) mass is 469 g/mol. The fourth-order valence-electron chi connectivity index (χ4n) is 3.46. The van der Waals surface area contributed by atoms with E-state index in [9.17, 15) is 9.59 Å². The second-order valence-electron chi connectivity index (χ2n) is 7.90. The summed E-state index contributed by atoms with van der Waals surface area (Å²) >= 11 is 7.37. The molecule has 0 fully saturated rings. The molecule has 0 saturated heterocycles. The van der Waals surface area contributed by atoms with Crippen LogP contribution in [0.3, 0.4) is 0 Å². The van der Waals surface area contributed by atoms with E-state index in [0.717, 1.165) is 29.7 Å². The molecule has 168 valence electrons. The standard InChI is InChI=1S/C25H28ClN3O2S/c1-5-11-29(12-6-2)25(31)19-14-20(23(30)27-21(19)13-16(3)4)24-28-22(15-32-24)17-7-9-18(26)10-8-17/h7-10,13-15H,5-6,11-12H2,1-4H3,(H,27,30). The molecule has 0 spiro atoms. The molecule has 0 bridgehead atoms. The summed E-state index contributed by atoms with van der Waals surface area (Å²) in [5.74, 6) is -0.0758. The predicted molar refractivity (Wildman–Crippen MR) is 134 cm³/mol. The minimum atomic E-state index is -0.261. The molecule has 0 unspecified atom stereocenters. The predicted octanol–water partition coefficient (Wildman–Crippen LogP) is 6.50. The van der Waals surface area contributed by atoms with Crippen LogP contribution >= 0.6 is 22.9 Å². The Balaban J connectivity index is 2.09. The molecule has 3 rings (SSSR count). The van der Waals surface area contributed by atoms with Crippen LogP contribution in [0.1, 0.15) is 56.6 Å². The Morgan fingerprint density at radius 2 is 1.81 bits per heavy atom. The maximum atomic E-state index is 13.4. The van der Waals surface area contributed by atoms with E-state index in [1.165, 1.54) is 11.3 Å². The molecular formula is C25H28ClN3O2S. The van der Waals surface area contributed by atoms with Gasteiger partial charge in [-0.2, -0.15) is 0 Å². The van der Waals surface area contributed by atoms with E-state index in [1.807, 2.05) is 54.5 Å². The molecule has 1 N–H and O–H groups in total. The fourth-order valence-corrected chi connectivity index (χ4v) is 4.43. The second-order valence-corrected chi connectivity index (χ2v) is 9.19. The molecule has 32 heavy (non-hydrogen) atoms. The quantitative estimate of drug-likeness (QED) is 0.409. The van der Waals surface area contributed by atoms with Gasteiger partial charge in [0.15, 0.2) is 0 Å². The van der Waals surface area contributed by atoms with E-state index in [0.29, 0.717) is 39.9 Å². The number of hydrogen-bond acceptors (Lipinski definition) is 4. The zero-order valence-electron chi connectivity index (χ0n) is 18.9. The third kappa shape index (κ3) is 5.56. The summed E-state index contributed by atoms with van der Waals surface area (Å²) in [5, 5.41) is 3.14. The lowest BCUT2D eigenvalue weighted by Crippen LogP contribution is -2.33. The summed E-state index contributed by atoms with van der Waals surface area (Å²) < 4.78 is 0. The van der Waals surface area contributed by atoms with Gasteiger partial charge in [0.05, 0.1) is 22.5 Å². The molecule has 7 heteroatoms. The average Bonchev–Trinajstić information content (AvgIpc) is 3.23. The van der Waals surface area contributed by atoms with E-state index >= 15 is 0 Å². The van der Waals surface area contributed by atoms with Crippen molar-refractivity contribution in [1.82, 2.24) is 14.9 Å². The zero-order chi connectivity index (χ0) is 23.3. The second kappa shape index (κ2) is 10.7. The zero-order valence-corrected chi connectivity index (χ0v) is 20.4. The van der Waals surface area contributed by atoms with Crippen LogP contribution in [-0.4, -0.2) is 33.9 Å². The number of nitrogens with one attached hydrogen (secondary N) is 1. The Labute approximate surface area is 197 Å². The number of rotatable bonds is 8. The Morgan fingerprint density at radius 1 is 1.16 bits per heavy atom. The summed E-state index contributed by atoms with van der Waals surface area (Å²) in [4.78, 5) is 35.8. The van der Waals surface area contributed by atoms with Gasteiger partial charge in [-0.25, -0.2) is 4.98 Å². The van der Waals surface area contributed by atoms with Gasteiger partial charge in [0.25, 0.3) is 11.5 Å². The number of nitrogens with zero attached hydrogens (tertiary/aromatic N) is 2. The largest absolute Gasteiger partial charge is 0.339 e.